The molecule has 2 heteroatoms. The molecule has 0 radical (unpaired) electrons. The lowest BCUT2D eigenvalue weighted by Crippen LogP contribution is -2.24. The molecule has 2 atom stereocenters. The van der Waals surface area contributed by atoms with Crippen LogP contribution in [0.25, 0.3) is 0 Å². The van der Waals surface area contributed by atoms with Crippen LogP contribution >= 0.6 is 0 Å². The summed E-state index contributed by atoms with van der Waals surface area (Å²) in [5.41, 5.74) is 2.33. The summed E-state index contributed by atoms with van der Waals surface area (Å²) < 4.78 is 0. The number of hydrogen-bond donors (Lipinski definition) is 1. The molecule has 0 spiro atoms. The third-order valence-corrected chi connectivity index (χ3v) is 3.68. The van der Waals surface area contributed by atoms with Crippen LogP contribution in [0.2, 0.25) is 0 Å². The Morgan fingerprint density at radius 2 is 2.00 bits per heavy atom. The van der Waals surface area contributed by atoms with Gasteiger partial charge in [0, 0.05) is 5.92 Å². The maximum absolute atomic E-state index is 9.05. The van der Waals surface area contributed by atoms with Gasteiger partial charge < -0.3 is 5.21 Å². The van der Waals surface area contributed by atoms with E-state index < -0.39 is 0 Å². The van der Waals surface area contributed by atoms with E-state index in [0.29, 0.717) is 11.8 Å². The van der Waals surface area contributed by atoms with Crippen LogP contribution in [0.1, 0.15) is 44.1 Å². The van der Waals surface area contributed by atoms with Crippen molar-refractivity contribution in [2.45, 2.75) is 38.5 Å². The van der Waals surface area contributed by atoms with Crippen LogP contribution in [0, 0.1) is 5.92 Å². The fourth-order valence-electron chi connectivity index (χ4n) is 2.67. The van der Waals surface area contributed by atoms with Gasteiger partial charge in [-0.1, -0.05) is 48.8 Å². The van der Waals surface area contributed by atoms with Crippen molar-refractivity contribution in [2.75, 3.05) is 0 Å². The molecule has 0 amide bonds. The van der Waals surface area contributed by atoms with Gasteiger partial charge in [0.25, 0.3) is 0 Å². The molecule has 1 saturated carbocycles. The Morgan fingerprint density at radius 3 is 2.69 bits per heavy atom. The van der Waals surface area contributed by atoms with Gasteiger partial charge in [0.05, 0.1) is 5.71 Å². The van der Waals surface area contributed by atoms with E-state index in [-0.39, 0.29) is 0 Å². The highest BCUT2D eigenvalue weighted by Crippen LogP contribution is 2.34. The van der Waals surface area contributed by atoms with Crippen molar-refractivity contribution in [1.29, 1.82) is 0 Å². The number of rotatable bonds is 2. The Hall–Kier alpha value is -1.31. The third kappa shape index (κ3) is 2.26. The van der Waals surface area contributed by atoms with Crippen LogP contribution < -0.4 is 0 Å². The molecule has 0 saturated heterocycles. The summed E-state index contributed by atoms with van der Waals surface area (Å²) in [6.07, 6.45) is 4.52. The summed E-state index contributed by atoms with van der Waals surface area (Å²) in [6.45, 7) is 2.23. The maximum Gasteiger partial charge on any atom is 0.0607 e. The lowest BCUT2D eigenvalue weighted by Gasteiger charge is -2.28. The van der Waals surface area contributed by atoms with Crippen molar-refractivity contribution in [3.63, 3.8) is 0 Å². The first-order valence-corrected chi connectivity index (χ1v) is 6.08. The van der Waals surface area contributed by atoms with Gasteiger partial charge in [0.15, 0.2) is 0 Å². The molecule has 0 bridgehead atoms. The van der Waals surface area contributed by atoms with E-state index in [0.717, 1.165) is 25.0 Å². The van der Waals surface area contributed by atoms with Gasteiger partial charge in [-0.15, -0.1) is 0 Å². The number of oxime groups is 1. The van der Waals surface area contributed by atoms with E-state index in [1.807, 2.05) is 6.07 Å². The molecule has 1 N–H and O–H groups in total. The summed E-state index contributed by atoms with van der Waals surface area (Å²) in [6, 6.07) is 10.5. The first-order chi connectivity index (χ1) is 7.83. The second kappa shape index (κ2) is 5.15. The predicted molar refractivity (Wildman–Crippen MR) is 66.0 cm³/mol. The smallest absolute Gasteiger partial charge is 0.0607 e. The van der Waals surface area contributed by atoms with Crippen molar-refractivity contribution in [1.82, 2.24) is 0 Å². The van der Waals surface area contributed by atoms with E-state index >= 15 is 0 Å². The fraction of sp³-hybridized carbons (Fsp3) is 0.500. The Labute approximate surface area is 97.0 Å². The van der Waals surface area contributed by atoms with E-state index in [9.17, 15) is 0 Å². The first-order valence-electron chi connectivity index (χ1n) is 6.08. The molecule has 2 nitrogen and oxygen atoms in total. The maximum atomic E-state index is 9.05. The van der Waals surface area contributed by atoms with Crippen LogP contribution in [0.15, 0.2) is 35.5 Å². The highest BCUT2D eigenvalue weighted by atomic mass is 16.4. The number of nitrogens with zero attached hydrogens (tertiary/aromatic N) is 1. The molecule has 2 rings (SSSR count). The van der Waals surface area contributed by atoms with Crippen molar-refractivity contribution in [3.05, 3.63) is 35.9 Å². The van der Waals surface area contributed by atoms with Crippen LogP contribution in [-0.2, 0) is 0 Å². The van der Waals surface area contributed by atoms with Gasteiger partial charge >= 0.3 is 0 Å². The second-order valence-electron chi connectivity index (χ2n) is 4.64. The summed E-state index contributed by atoms with van der Waals surface area (Å²) in [4.78, 5) is 0. The number of benzene rings is 1. The van der Waals surface area contributed by atoms with Crippen LogP contribution in [0.3, 0.4) is 0 Å². The van der Waals surface area contributed by atoms with E-state index in [1.165, 1.54) is 12.0 Å². The van der Waals surface area contributed by atoms with Crippen molar-refractivity contribution in [3.8, 4) is 0 Å². The third-order valence-electron chi connectivity index (χ3n) is 3.68. The van der Waals surface area contributed by atoms with Gasteiger partial charge in [-0.2, -0.15) is 0 Å². The van der Waals surface area contributed by atoms with E-state index in [2.05, 4.69) is 36.3 Å². The minimum Gasteiger partial charge on any atom is -0.411 e. The Bertz CT molecular complexity index is 358. The lowest BCUT2D eigenvalue weighted by molar-refractivity contribution is 0.305. The normalized spacial score (nSPS) is 25.6. The average Bonchev–Trinajstić information content (AvgIpc) is 2.39. The quantitative estimate of drug-likeness (QED) is 0.593. The minimum absolute atomic E-state index is 0.418. The van der Waals surface area contributed by atoms with E-state index in [1.54, 1.807) is 0 Å². The average molecular weight is 217 g/mol. The zero-order chi connectivity index (χ0) is 11.4. The lowest BCUT2D eigenvalue weighted by atomic mass is 9.76. The van der Waals surface area contributed by atoms with Crippen LogP contribution in [-0.4, -0.2) is 10.9 Å². The van der Waals surface area contributed by atoms with E-state index in [4.69, 9.17) is 5.21 Å². The Balaban J connectivity index is 2.17. The molecule has 2 unspecified atom stereocenters. The first kappa shape index (κ1) is 11.2. The monoisotopic (exact) mass is 217 g/mol. The SMILES string of the molecule is CC(c1ccccc1)C1CCCC/C1=N\O. The standard InChI is InChI=1S/C14H19NO/c1-11(12-7-3-2-4-8-12)13-9-5-6-10-14(13)15-16/h2-4,7-8,11,13,16H,5-6,9-10H2,1H3/b15-14+. The molecule has 1 aliphatic rings. The summed E-state index contributed by atoms with van der Waals surface area (Å²) in [5, 5.41) is 12.5. The molecular formula is C14H19NO. The van der Waals surface area contributed by atoms with Crippen molar-refractivity contribution < 1.29 is 5.21 Å². The molecule has 1 aromatic rings. The highest BCUT2D eigenvalue weighted by Gasteiger charge is 2.27. The van der Waals surface area contributed by atoms with Gasteiger partial charge in [0.1, 0.15) is 0 Å². The number of hydrogen-bond acceptors (Lipinski definition) is 2. The van der Waals surface area contributed by atoms with Crippen molar-refractivity contribution in [2.24, 2.45) is 11.1 Å². The topological polar surface area (TPSA) is 32.6 Å². The van der Waals surface area contributed by atoms with Gasteiger partial charge in [-0.25, -0.2) is 0 Å². The molecule has 0 aromatic heterocycles. The van der Waals surface area contributed by atoms with Gasteiger partial charge in [-0.3, -0.25) is 0 Å². The van der Waals surface area contributed by atoms with Crippen LogP contribution in [0.5, 0.6) is 0 Å². The Kier molecular flexibility index (Phi) is 3.60. The van der Waals surface area contributed by atoms with Crippen LogP contribution in [0.4, 0.5) is 0 Å². The van der Waals surface area contributed by atoms with Crippen molar-refractivity contribution >= 4 is 5.71 Å². The second-order valence-corrected chi connectivity index (χ2v) is 4.64. The largest absolute Gasteiger partial charge is 0.411 e. The van der Waals surface area contributed by atoms with Gasteiger partial charge in [-0.05, 0) is 30.7 Å². The predicted octanol–water partition coefficient (Wildman–Crippen LogP) is 3.81. The zero-order valence-electron chi connectivity index (χ0n) is 9.76. The molecule has 0 heterocycles. The fourth-order valence-corrected chi connectivity index (χ4v) is 2.67. The minimum atomic E-state index is 0.418. The highest BCUT2D eigenvalue weighted by molar-refractivity contribution is 5.87. The molecule has 1 aliphatic carbocycles. The molecule has 1 aromatic carbocycles. The summed E-state index contributed by atoms with van der Waals surface area (Å²) in [7, 11) is 0. The summed E-state index contributed by atoms with van der Waals surface area (Å²) in [5.74, 6) is 0.869. The Morgan fingerprint density at radius 1 is 1.25 bits per heavy atom. The molecule has 16 heavy (non-hydrogen) atoms. The molecule has 0 aliphatic heterocycles. The molecule has 86 valence electrons. The zero-order valence-corrected chi connectivity index (χ0v) is 9.76. The molecule has 1 fully saturated rings. The summed E-state index contributed by atoms with van der Waals surface area (Å²) >= 11 is 0. The van der Waals surface area contributed by atoms with Gasteiger partial charge in [0.2, 0.25) is 0 Å². The molecular weight excluding hydrogens is 198 g/mol.